The van der Waals surface area contributed by atoms with E-state index in [2.05, 4.69) is 10.00 Å². The minimum absolute atomic E-state index is 0.0413. The van der Waals surface area contributed by atoms with Crippen molar-refractivity contribution in [2.45, 2.75) is 19.8 Å². The molecule has 1 amide bonds. The van der Waals surface area contributed by atoms with Crippen molar-refractivity contribution >= 4 is 17.5 Å². The highest BCUT2D eigenvalue weighted by atomic mass is 35.5. The first-order chi connectivity index (χ1) is 9.95. The third-order valence-corrected chi connectivity index (χ3v) is 4.27. The van der Waals surface area contributed by atoms with E-state index in [0.717, 1.165) is 18.8 Å². The number of halogens is 1. The molecule has 1 N–H and O–H groups in total. The molecule has 0 saturated carbocycles. The molecule has 1 aliphatic rings. The van der Waals surface area contributed by atoms with E-state index in [0.29, 0.717) is 30.4 Å². The molecule has 1 aliphatic heterocycles. The van der Waals surface area contributed by atoms with Crippen LogP contribution in [0.1, 0.15) is 35.8 Å². The molecule has 0 atom stereocenters. The number of aliphatic hydroxyl groups excluding tert-OH is 1. The average molecular weight is 315 g/mol. The summed E-state index contributed by atoms with van der Waals surface area (Å²) in [5.74, 6) is 0.110. The molecule has 2 rings (SSSR count). The number of nitrogens with zero attached hydrogens (tertiary/aromatic N) is 4. The molecule has 1 aromatic heterocycles. The second kappa shape index (κ2) is 6.77. The van der Waals surface area contributed by atoms with Crippen LogP contribution in [-0.4, -0.2) is 69.9 Å². The van der Waals surface area contributed by atoms with Crippen molar-refractivity contribution in [3.05, 3.63) is 16.4 Å². The highest BCUT2D eigenvalue weighted by molar-refractivity contribution is 6.33. The largest absolute Gasteiger partial charge is 0.395 e. The maximum atomic E-state index is 12.7. The minimum Gasteiger partial charge on any atom is -0.395 e. The normalized spacial score (nSPS) is 16.8. The van der Waals surface area contributed by atoms with Gasteiger partial charge in [-0.3, -0.25) is 14.4 Å². The van der Waals surface area contributed by atoms with E-state index in [-0.39, 0.29) is 18.4 Å². The Kier molecular flexibility index (Phi) is 5.24. The number of hydrogen-bond donors (Lipinski definition) is 1. The molecule has 1 fully saturated rings. The van der Waals surface area contributed by atoms with E-state index in [4.69, 9.17) is 16.7 Å². The zero-order valence-corrected chi connectivity index (χ0v) is 13.6. The van der Waals surface area contributed by atoms with Crippen molar-refractivity contribution in [1.82, 2.24) is 19.6 Å². The number of aryl methyl sites for hydroxylation is 1. The molecule has 1 saturated heterocycles. The van der Waals surface area contributed by atoms with E-state index >= 15 is 0 Å². The Morgan fingerprint density at radius 3 is 2.48 bits per heavy atom. The summed E-state index contributed by atoms with van der Waals surface area (Å²) < 4.78 is 1.56. The highest BCUT2D eigenvalue weighted by Gasteiger charge is 2.29. The number of amides is 1. The lowest BCUT2D eigenvalue weighted by Crippen LogP contribution is -2.49. The van der Waals surface area contributed by atoms with Crippen LogP contribution in [0.5, 0.6) is 0 Å². The van der Waals surface area contributed by atoms with Crippen LogP contribution in [0.15, 0.2) is 0 Å². The number of piperazine rings is 1. The number of aliphatic hydroxyl groups is 1. The van der Waals surface area contributed by atoms with Gasteiger partial charge in [-0.15, -0.1) is 0 Å². The first-order valence-electron chi connectivity index (χ1n) is 7.30. The fourth-order valence-electron chi connectivity index (χ4n) is 2.60. The fourth-order valence-corrected chi connectivity index (χ4v) is 2.81. The van der Waals surface area contributed by atoms with Gasteiger partial charge in [0.25, 0.3) is 5.91 Å². The molecule has 0 aliphatic carbocycles. The van der Waals surface area contributed by atoms with Crippen LogP contribution in [0.25, 0.3) is 0 Å². The smallest absolute Gasteiger partial charge is 0.259 e. The maximum absolute atomic E-state index is 12.7. The summed E-state index contributed by atoms with van der Waals surface area (Å²) >= 11 is 6.26. The number of carbonyl (C=O) groups is 1. The molecule has 118 valence electrons. The molecule has 7 heteroatoms. The summed E-state index contributed by atoms with van der Waals surface area (Å²) in [5.41, 5.74) is 1.29. The lowest BCUT2D eigenvalue weighted by atomic mass is 10.1. The highest BCUT2D eigenvalue weighted by Crippen LogP contribution is 2.26. The van der Waals surface area contributed by atoms with Crippen molar-refractivity contribution in [1.29, 1.82) is 0 Å². The Morgan fingerprint density at radius 2 is 1.95 bits per heavy atom. The van der Waals surface area contributed by atoms with Crippen LogP contribution >= 0.6 is 11.6 Å². The van der Waals surface area contributed by atoms with Gasteiger partial charge in [0.1, 0.15) is 5.15 Å². The number of carbonyl (C=O) groups excluding carboxylic acids is 1. The topological polar surface area (TPSA) is 61.6 Å². The van der Waals surface area contributed by atoms with Crippen molar-refractivity contribution in [2.24, 2.45) is 7.05 Å². The molecule has 0 unspecified atom stereocenters. The Labute approximate surface area is 130 Å². The zero-order valence-electron chi connectivity index (χ0n) is 12.8. The minimum atomic E-state index is -0.0413. The Morgan fingerprint density at radius 1 is 1.33 bits per heavy atom. The molecule has 6 nitrogen and oxygen atoms in total. The van der Waals surface area contributed by atoms with Crippen LogP contribution in [0, 0.1) is 0 Å². The Hall–Kier alpha value is -1.11. The molecule has 0 aromatic carbocycles. The van der Waals surface area contributed by atoms with Crippen LogP contribution in [0.4, 0.5) is 0 Å². The van der Waals surface area contributed by atoms with Gasteiger partial charge in [-0.2, -0.15) is 5.10 Å². The van der Waals surface area contributed by atoms with E-state index in [1.807, 2.05) is 18.7 Å². The van der Waals surface area contributed by atoms with Crippen molar-refractivity contribution in [2.75, 3.05) is 39.3 Å². The van der Waals surface area contributed by atoms with Gasteiger partial charge in [0.05, 0.1) is 17.9 Å². The molecule has 0 spiro atoms. The maximum Gasteiger partial charge on any atom is 0.259 e. The molecule has 21 heavy (non-hydrogen) atoms. The van der Waals surface area contributed by atoms with Crippen LogP contribution in [0.3, 0.4) is 0 Å². The SMILES string of the molecule is CC(C)c1nn(C)c(Cl)c1C(=O)N1CCN(CCO)CC1. The second-order valence-corrected chi connectivity index (χ2v) is 6.04. The Balaban J connectivity index is 2.14. The summed E-state index contributed by atoms with van der Waals surface area (Å²) in [6.45, 7) is 7.70. The molecule has 2 heterocycles. The third kappa shape index (κ3) is 3.39. The van der Waals surface area contributed by atoms with Crippen LogP contribution in [-0.2, 0) is 7.05 Å². The molecular formula is C14H23ClN4O2. The van der Waals surface area contributed by atoms with Crippen molar-refractivity contribution in [3.8, 4) is 0 Å². The lowest BCUT2D eigenvalue weighted by molar-refractivity contribution is 0.0613. The fraction of sp³-hybridized carbons (Fsp3) is 0.714. The van der Waals surface area contributed by atoms with Gasteiger partial charge in [-0.05, 0) is 5.92 Å². The quantitative estimate of drug-likeness (QED) is 0.899. The summed E-state index contributed by atoms with van der Waals surface area (Å²) in [7, 11) is 1.75. The van der Waals surface area contributed by atoms with Gasteiger partial charge in [-0.1, -0.05) is 25.4 Å². The first kappa shape index (κ1) is 16.3. The lowest BCUT2D eigenvalue weighted by Gasteiger charge is -2.34. The zero-order chi connectivity index (χ0) is 15.6. The molecule has 1 aromatic rings. The number of aromatic nitrogens is 2. The molecular weight excluding hydrogens is 292 g/mol. The average Bonchev–Trinajstić information content (AvgIpc) is 2.76. The van der Waals surface area contributed by atoms with Gasteiger partial charge in [0.15, 0.2) is 0 Å². The first-order valence-corrected chi connectivity index (χ1v) is 7.68. The third-order valence-electron chi connectivity index (χ3n) is 3.84. The predicted molar refractivity (Wildman–Crippen MR) is 81.7 cm³/mol. The van der Waals surface area contributed by atoms with Gasteiger partial charge in [0, 0.05) is 39.8 Å². The molecule has 0 radical (unpaired) electrons. The molecule has 0 bridgehead atoms. The van der Waals surface area contributed by atoms with Gasteiger partial charge >= 0.3 is 0 Å². The van der Waals surface area contributed by atoms with E-state index in [1.165, 1.54) is 0 Å². The van der Waals surface area contributed by atoms with Crippen LogP contribution < -0.4 is 0 Å². The Bertz CT molecular complexity index is 507. The van der Waals surface area contributed by atoms with Gasteiger partial charge < -0.3 is 10.0 Å². The summed E-state index contributed by atoms with van der Waals surface area (Å²) in [6, 6.07) is 0. The number of rotatable bonds is 4. The van der Waals surface area contributed by atoms with Crippen molar-refractivity contribution in [3.63, 3.8) is 0 Å². The van der Waals surface area contributed by atoms with Crippen molar-refractivity contribution < 1.29 is 9.90 Å². The predicted octanol–water partition coefficient (Wildman–Crippen LogP) is 0.947. The number of β-amino-alcohol motifs (C(OH)–C–C–N with tert-alkyl or cyclic N) is 1. The summed E-state index contributed by atoms with van der Waals surface area (Å²) in [5, 5.41) is 13.7. The van der Waals surface area contributed by atoms with E-state index in [9.17, 15) is 4.79 Å². The van der Waals surface area contributed by atoms with Gasteiger partial charge in [0.2, 0.25) is 0 Å². The summed E-state index contributed by atoms with van der Waals surface area (Å²) in [4.78, 5) is 16.7. The number of hydrogen-bond acceptors (Lipinski definition) is 4. The summed E-state index contributed by atoms with van der Waals surface area (Å²) in [6.07, 6.45) is 0. The van der Waals surface area contributed by atoms with Gasteiger partial charge in [-0.25, -0.2) is 0 Å². The van der Waals surface area contributed by atoms with Crippen LogP contribution in [0.2, 0.25) is 5.15 Å². The second-order valence-electron chi connectivity index (χ2n) is 5.69. The van der Waals surface area contributed by atoms with E-state index in [1.54, 1.807) is 11.7 Å². The standard InChI is InChI=1S/C14H23ClN4O2/c1-10(2)12-11(13(15)17(3)16-12)14(21)19-6-4-18(5-7-19)8-9-20/h10,20H,4-9H2,1-3H3. The van der Waals surface area contributed by atoms with E-state index < -0.39 is 0 Å². The monoisotopic (exact) mass is 314 g/mol.